The van der Waals surface area contributed by atoms with Gasteiger partial charge in [-0.1, -0.05) is 11.8 Å². The van der Waals surface area contributed by atoms with Crippen LogP contribution < -0.4 is 0 Å². The number of nitrogens with zero attached hydrogens (tertiary/aromatic N) is 3. The minimum absolute atomic E-state index is 0.000372. The smallest absolute Gasteiger partial charge is 0.313 e. The van der Waals surface area contributed by atoms with Crippen LogP contribution in [0.1, 0.15) is 18.5 Å². The number of unbranched alkanes of at least 4 members (excludes halogenated alkanes) is 1. The SMILES string of the molecule is COCCCCn1c(SCC(=O)O)nc2ccc(C)nc21. The van der Waals surface area contributed by atoms with E-state index >= 15 is 0 Å². The lowest BCUT2D eigenvalue weighted by Gasteiger charge is -2.07. The van der Waals surface area contributed by atoms with E-state index in [2.05, 4.69) is 9.97 Å². The fourth-order valence-corrected chi connectivity index (χ4v) is 2.78. The summed E-state index contributed by atoms with van der Waals surface area (Å²) in [7, 11) is 1.69. The molecule has 1 N–H and O–H groups in total. The molecule has 2 rings (SSSR count). The first-order valence-electron chi connectivity index (χ1n) is 6.79. The van der Waals surface area contributed by atoms with Crippen molar-refractivity contribution in [2.75, 3.05) is 19.5 Å². The Hall–Kier alpha value is -1.60. The number of hydrogen-bond donors (Lipinski definition) is 1. The monoisotopic (exact) mass is 309 g/mol. The third-order valence-electron chi connectivity index (χ3n) is 3.00. The second kappa shape index (κ2) is 7.42. The Kier molecular flexibility index (Phi) is 5.58. The summed E-state index contributed by atoms with van der Waals surface area (Å²) in [5.41, 5.74) is 2.55. The molecular formula is C14H19N3O3S. The Bertz CT molecular complexity index is 627. The molecule has 0 atom stereocenters. The molecule has 0 aliphatic carbocycles. The molecular weight excluding hydrogens is 290 g/mol. The van der Waals surface area contributed by atoms with Crippen LogP contribution in [0.5, 0.6) is 0 Å². The van der Waals surface area contributed by atoms with Crippen molar-refractivity contribution >= 4 is 28.9 Å². The van der Waals surface area contributed by atoms with E-state index in [9.17, 15) is 4.79 Å². The number of aromatic nitrogens is 3. The fraction of sp³-hybridized carbons (Fsp3) is 0.500. The Morgan fingerprint density at radius 2 is 2.19 bits per heavy atom. The van der Waals surface area contributed by atoms with Crippen molar-refractivity contribution in [3.05, 3.63) is 17.8 Å². The van der Waals surface area contributed by atoms with Crippen LogP contribution in [-0.4, -0.2) is 45.1 Å². The van der Waals surface area contributed by atoms with Crippen molar-refractivity contribution in [2.24, 2.45) is 0 Å². The zero-order valence-electron chi connectivity index (χ0n) is 12.2. The molecule has 0 bridgehead atoms. The predicted octanol–water partition coefficient (Wildman–Crippen LogP) is 2.34. The molecule has 7 heteroatoms. The van der Waals surface area contributed by atoms with Crippen LogP contribution in [-0.2, 0) is 16.1 Å². The average molecular weight is 309 g/mol. The number of imidazole rings is 1. The average Bonchev–Trinajstić information content (AvgIpc) is 2.78. The van der Waals surface area contributed by atoms with Gasteiger partial charge < -0.3 is 14.4 Å². The van der Waals surface area contributed by atoms with Crippen LogP contribution in [0.4, 0.5) is 0 Å². The highest BCUT2D eigenvalue weighted by molar-refractivity contribution is 7.99. The van der Waals surface area contributed by atoms with E-state index in [1.165, 1.54) is 11.8 Å². The van der Waals surface area contributed by atoms with Crippen LogP contribution in [0, 0.1) is 6.92 Å². The number of carbonyl (C=O) groups is 1. The molecule has 6 nitrogen and oxygen atoms in total. The van der Waals surface area contributed by atoms with Crippen LogP contribution in [0.2, 0.25) is 0 Å². The maximum Gasteiger partial charge on any atom is 0.313 e. The number of ether oxygens (including phenoxy) is 1. The van der Waals surface area contributed by atoms with Gasteiger partial charge in [0.2, 0.25) is 0 Å². The van der Waals surface area contributed by atoms with Gasteiger partial charge in [-0.05, 0) is 31.9 Å². The molecule has 2 aromatic rings. The lowest BCUT2D eigenvalue weighted by Crippen LogP contribution is -2.05. The number of pyridine rings is 1. The largest absolute Gasteiger partial charge is 0.481 e. The van der Waals surface area contributed by atoms with E-state index < -0.39 is 5.97 Å². The standard InChI is InChI=1S/C14H19N3O3S/c1-10-5-6-11-13(15-10)17(7-3-4-8-20-2)14(16-11)21-9-12(18)19/h5-6H,3-4,7-9H2,1-2H3,(H,18,19). The van der Waals surface area contributed by atoms with Gasteiger partial charge in [0.1, 0.15) is 5.52 Å². The maximum atomic E-state index is 10.8. The van der Waals surface area contributed by atoms with Crippen molar-refractivity contribution < 1.29 is 14.6 Å². The first-order valence-corrected chi connectivity index (χ1v) is 7.78. The van der Waals surface area contributed by atoms with Gasteiger partial charge in [-0.3, -0.25) is 4.79 Å². The molecule has 0 unspecified atom stereocenters. The van der Waals surface area contributed by atoms with E-state index in [4.69, 9.17) is 9.84 Å². The van der Waals surface area contributed by atoms with Crippen LogP contribution >= 0.6 is 11.8 Å². The molecule has 0 aromatic carbocycles. The zero-order valence-corrected chi connectivity index (χ0v) is 13.0. The van der Waals surface area contributed by atoms with E-state index in [0.29, 0.717) is 5.16 Å². The third-order valence-corrected chi connectivity index (χ3v) is 3.96. The normalized spacial score (nSPS) is 11.1. The van der Waals surface area contributed by atoms with Crippen LogP contribution in [0.15, 0.2) is 17.3 Å². The lowest BCUT2D eigenvalue weighted by atomic mass is 10.3. The van der Waals surface area contributed by atoms with Gasteiger partial charge in [0, 0.05) is 26.0 Å². The number of rotatable bonds is 8. The van der Waals surface area contributed by atoms with Crippen molar-refractivity contribution in [3.63, 3.8) is 0 Å². The van der Waals surface area contributed by atoms with Gasteiger partial charge in [-0.2, -0.15) is 0 Å². The van der Waals surface area contributed by atoms with Crippen molar-refractivity contribution in [3.8, 4) is 0 Å². The number of methoxy groups -OCH3 is 1. The summed E-state index contributed by atoms with van der Waals surface area (Å²) in [6, 6.07) is 3.84. The second-order valence-corrected chi connectivity index (χ2v) is 5.67. The Balaban J connectivity index is 2.24. The first kappa shape index (κ1) is 15.8. The summed E-state index contributed by atoms with van der Waals surface area (Å²) in [4.78, 5) is 19.8. The fourth-order valence-electron chi connectivity index (χ4n) is 2.03. The number of carboxylic acids is 1. The van der Waals surface area contributed by atoms with Crippen molar-refractivity contribution in [1.29, 1.82) is 0 Å². The molecule has 0 aliphatic rings. The number of thioether (sulfide) groups is 1. The van der Waals surface area contributed by atoms with Gasteiger partial charge in [-0.15, -0.1) is 0 Å². The molecule has 0 amide bonds. The zero-order chi connectivity index (χ0) is 15.2. The number of fused-ring (bicyclic) bond motifs is 1. The molecule has 0 saturated heterocycles. The van der Waals surface area contributed by atoms with Gasteiger partial charge in [0.25, 0.3) is 0 Å². The molecule has 21 heavy (non-hydrogen) atoms. The molecule has 114 valence electrons. The molecule has 2 heterocycles. The minimum atomic E-state index is -0.845. The summed E-state index contributed by atoms with van der Waals surface area (Å²) in [5.74, 6) is -0.845. The summed E-state index contributed by atoms with van der Waals surface area (Å²) in [6.07, 6.45) is 1.89. The Morgan fingerprint density at radius 3 is 2.90 bits per heavy atom. The van der Waals surface area contributed by atoms with E-state index in [1.807, 2.05) is 23.6 Å². The molecule has 0 aliphatic heterocycles. The highest BCUT2D eigenvalue weighted by Gasteiger charge is 2.13. The Morgan fingerprint density at radius 1 is 1.38 bits per heavy atom. The highest BCUT2D eigenvalue weighted by Crippen LogP contribution is 2.23. The summed E-state index contributed by atoms with van der Waals surface area (Å²) in [5, 5.41) is 9.55. The van der Waals surface area contributed by atoms with E-state index in [-0.39, 0.29) is 5.75 Å². The second-order valence-electron chi connectivity index (χ2n) is 4.72. The molecule has 0 fully saturated rings. The summed E-state index contributed by atoms with van der Waals surface area (Å²) >= 11 is 1.23. The number of carboxylic acid groups (broad SMARTS) is 1. The predicted molar refractivity (Wildman–Crippen MR) is 81.7 cm³/mol. The topological polar surface area (TPSA) is 77.2 Å². The summed E-state index contributed by atoms with van der Waals surface area (Å²) < 4.78 is 7.06. The molecule has 0 saturated carbocycles. The number of aliphatic carboxylic acids is 1. The van der Waals surface area contributed by atoms with Gasteiger partial charge in [-0.25, -0.2) is 9.97 Å². The van der Waals surface area contributed by atoms with Crippen molar-refractivity contribution in [2.45, 2.75) is 31.5 Å². The quantitative estimate of drug-likeness (QED) is 0.596. The minimum Gasteiger partial charge on any atom is -0.481 e. The van der Waals surface area contributed by atoms with E-state index in [1.54, 1.807) is 7.11 Å². The lowest BCUT2D eigenvalue weighted by molar-refractivity contribution is -0.133. The van der Waals surface area contributed by atoms with Gasteiger partial charge >= 0.3 is 5.97 Å². The Labute approximate surface area is 127 Å². The highest BCUT2D eigenvalue weighted by atomic mass is 32.2. The first-order chi connectivity index (χ1) is 10.1. The van der Waals surface area contributed by atoms with Crippen LogP contribution in [0.3, 0.4) is 0 Å². The van der Waals surface area contributed by atoms with Crippen LogP contribution in [0.25, 0.3) is 11.2 Å². The maximum absolute atomic E-state index is 10.8. The number of hydrogen-bond acceptors (Lipinski definition) is 5. The molecule has 0 radical (unpaired) electrons. The molecule has 0 spiro atoms. The summed E-state index contributed by atoms with van der Waals surface area (Å²) in [6.45, 7) is 3.42. The van der Waals surface area contributed by atoms with E-state index in [0.717, 1.165) is 42.9 Å². The molecule has 2 aromatic heterocycles. The number of aryl methyl sites for hydroxylation is 2. The van der Waals surface area contributed by atoms with Crippen molar-refractivity contribution in [1.82, 2.24) is 14.5 Å². The third kappa shape index (κ3) is 4.18. The van der Waals surface area contributed by atoms with Gasteiger partial charge in [0.15, 0.2) is 10.8 Å². The van der Waals surface area contributed by atoms with Gasteiger partial charge in [0.05, 0.1) is 5.75 Å².